The first-order valence-corrected chi connectivity index (χ1v) is 4.54. The van der Waals surface area contributed by atoms with E-state index < -0.39 is 0 Å². The van der Waals surface area contributed by atoms with Gasteiger partial charge in [-0.2, -0.15) is 0 Å². The summed E-state index contributed by atoms with van der Waals surface area (Å²) in [6.45, 7) is 16.7. The second-order valence-electron chi connectivity index (χ2n) is 4.60. The molecule has 0 fully saturated rings. The topological polar surface area (TPSA) is 9.23 Å². The Labute approximate surface area is 77.3 Å². The molecule has 0 amide bonds. The van der Waals surface area contributed by atoms with Gasteiger partial charge in [0.15, 0.2) is 0 Å². The summed E-state index contributed by atoms with van der Waals surface area (Å²) in [4.78, 5) is 0. The zero-order chi connectivity index (χ0) is 9.99. The molecule has 0 unspecified atom stereocenters. The van der Waals surface area contributed by atoms with E-state index in [1.807, 2.05) is 6.08 Å². The van der Waals surface area contributed by atoms with Crippen molar-refractivity contribution in [1.82, 2.24) is 0 Å². The maximum Gasteiger partial charge on any atom is 0.287 e. The normalized spacial score (nSPS) is 12.8. The Morgan fingerprint density at radius 3 is 1.83 bits per heavy atom. The zero-order valence-corrected chi connectivity index (χ0v) is 9.27. The lowest BCUT2D eigenvalue weighted by Gasteiger charge is -2.40. The fraction of sp³-hybridized carbons (Fsp3) is 0.800. The van der Waals surface area contributed by atoms with Crippen LogP contribution in [0.4, 0.5) is 0 Å². The van der Waals surface area contributed by atoms with Gasteiger partial charge in [-0.25, -0.2) is 0 Å². The molecule has 0 spiro atoms. The van der Waals surface area contributed by atoms with E-state index in [2.05, 4.69) is 47.9 Å². The van der Waals surface area contributed by atoms with E-state index in [9.17, 15) is 0 Å². The van der Waals surface area contributed by atoms with Crippen molar-refractivity contribution >= 4 is 6.92 Å². The van der Waals surface area contributed by atoms with E-state index in [1.165, 1.54) is 0 Å². The second-order valence-corrected chi connectivity index (χ2v) is 4.60. The molecule has 0 aromatic carbocycles. The van der Waals surface area contributed by atoms with Crippen molar-refractivity contribution in [3.63, 3.8) is 0 Å². The first kappa shape index (κ1) is 11.8. The van der Waals surface area contributed by atoms with Crippen molar-refractivity contribution < 1.29 is 4.65 Å². The van der Waals surface area contributed by atoms with Crippen LogP contribution >= 0.6 is 0 Å². The summed E-state index contributed by atoms with van der Waals surface area (Å²) in [7, 11) is 0. The number of hydrogen-bond acceptors (Lipinski definition) is 1. The third kappa shape index (κ3) is 2.67. The Hall–Kier alpha value is -0.235. The van der Waals surface area contributed by atoms with Crippen molar-refractivity contribution in [2.24, 2.45) is 5.41 Å². The van der Waals surface area contributed by atoms with Crippen LogP contribution in [0.15, 0.2) is 12.7 Å². The molecule has 0 aliphatic rings. The Kier molecular flexibility index (Phi) is 3.58. The van der Waals surface area contributed by atoms with Gasteiger partial charge in [0.05, 0.1) is 5.60 Å². The van der Waals surface area contributed by atoms with Crippen LogP contribution in [0, 0.1) is 5.41 Å². The molecule has 0 saturated heterocycles. The molecule has 0 rings (SSSR count). The number of hydrogen-bond donors (Lipinski definition) is 0. The summed E-state index contributed by atoms with van der Waals surface area (Å²) in [6.07, 6.45) is 1.95. The van der Waals surface area contributed by atoms with Gasteiger partial charge in [-0.15, -0.1) is 6.58 Å². The molecule has 0 bridgehead atoms. The van der Waals surface area contributed by atoms with Gasteiger partial charge in [-0.3, -0.25) is 0 Å². The van der Waals surface area contributed by atoms with Crippen molar-refractivity contribution in [3.8, 4) is 0 Å². The maximum absolute atomic E-state index is 5.82. The highest BCUT2D eigenvalue weighted by Crippen LogP contribution is 2.34. The van der Waals surface area contributed by atoms with Gasteiger partial charge in [-0.05, 0) is 13.8 Å². The van der Waals surface area contributed by atoms with E-state index >= 15 is 0 Å². The highest BCUT2D eigenvalue weighted by molar-refractivity contribution is 6.48. The number of rotatable bonds is 4. The lowest BCUT2D eigenvalue weighted by atomic mass is 9.70. The van der Waals surface area contributed by atoms with Gasteiger partial charge in [0.2, 0.25) is 0 Å². The predicted molar refractivity (Wildman–Crippen MR) is 56.6 cm³/mol. The fourth-order valence-corrected chi connectivity index (χ4v) is 0.987. The van der Waals surface area contributed by atoms with Crippen LogP contribution < -0.4 is 0 Å². The molecule has 0 radical (unpaired) electrons. The van der Waals surface area contributed by atoms with Gasteiger partial charge in [-0.1, -0.05) is 33.6 Å². The molecule has 0 heterocycles. The maximum atomic E-state index is 5.82. The van der Waals surface area contributed by atoms with Crippen LogP contribution in [0.1, 0.15) is 27.7 Å². The van der Waals surface area contributed by atoms with Crippen LogP contribution in [0.25, 0.3) is 0 Å². The zero-order valence-electron chi connectivity index (χ0n) is 9.27. The van der Waals surface area contributed by atoms with Crippen LogP contribution in [0.5, 0.6) is 0 Å². The fourth-order valence-electron chi connectivity index (χ4n) is 0.987. The van der Waals surface area contributed by atoms with Crippen LogP contribution in [-0.2, 0) is 4.65 Å². The third-order valence-electron chi connectivity index (χ3n) is 2.59. The Bertz CT molecular complexity index is 159. The Morgan fingerprint density at radius 1 is 1.17 bits per heavy atom. The minimum Gasteiger partial charge on any atom is -0.431 e. The molecular formula is C10H21BO. The van der Waals surface area contributed by atoms with Gasteiger partial charge in [0, 0.05) is 5.41 Å². The van der Waals surface area contributed by atoms with Gasteiger partial charge < -0.3 is 4.65 Å². The Morgan fingerprint density at radius 2 is 1.58 bits per heavy atom. The van der Waals surface area contributed by atoms with E-state index in [1.54, 1.807) is 0 Å². The first-order valence-electron chi connectivity index (χ1n) is 4.54. The van der Waals surface area contributed by atoms with Crippen LogP contribution in [0.2, 0.25) is 13.6 Å². The molecule has 0 aliphatic heterocycles. The average Bonchev–Trinajstić information content (AvgIpc) is 1.84. The molecule has 1 nitrogen and oxygen atoms in total. The summed E-state index contributed by atoms with van der Waals surface area (Å²) in [5.41, 5.74) is -0.139. The molecule has 12 heavy (non-hydrogen) atoms. The summed E-state index contributed by atoms with van der Waals surface area (Å²) < 4.78 is 5.82. The molecule has 0 aliphatic carbocycles. The van der Waals surface area contributed by atoms with Gasteiger partial charge in [0.25, 0.3) is 6.92 Å². The average molecular weight is 168 g/mol. The smallest absolute Gasteiger partial charge is 0.287 e. The molecule has 2 heteroatoms. The molecular weight excluding hydrogens is 147 g/mol. The van der Waals surface area contributed by atoms with Crippen molar-refractivity contribution in [3.05, 3.63) is 12.7 Å². The van der Waals surface area contributed by atoms with Crippen molar-refractivity contribution in [2.75, 3.05) is 0 Å². The first-order chi connectivity index (χ1) is 5.23. The second kappa shape index (κ2) is 3.65. The van der Waals surface area contributed by atoms with E-state index in [-0.39, 0.29) is 17.9 Å². The summed E-state index contributed by atoms with van der Waals surface area (Å²) in [5.74, 6) is 0. The Balaban J connectivity index is 4.48. The molecule has 0 aromatic heterocycles. The molecule has 70 valence electrons. The SMILES string of the molecule is C=CC(C)(C)C(C)(C)OB(C)C. The van der Waals surface area contributed by atoms with E-state index in [0.29, 0.717) is 0 Å². The minimum atomic E-state index is -0.150. The summed E-state index contributed by atoms with van der Waals surface area (Å²) in [5, 5.41) is 0. The van der Waals surface area contributed by atoms with Crippen LogP contribution in [0.3, 0.4) is 0 Å². The highest BCUT2D eigenvalue weighted by Gasteiger charge is 2.35. The quantitative estimate of drug-likeness (QED) is 0.462. The predicted octanol–water partition coefficient (Wildman–Crippen LogP) is 3.24. The lowest BCUT2D eigenvalue weighted by Crippen LogP contribution is -2.43. The monoisotopic (exact) mass is 168 g/mol. The molecule has 0 N–H and O–H groups in total. The largest absolute Gasteiger partial charge is 0.431 e. The van der Waals surface area contributed by atoms with Crippen LogP contribution in [-0.4, -0.2) is 12.5 Å². The third-order valence-corrected chi connectivity index (χ3v) is 2.59. The standard InChI is InChI=1S/C10H21BO/c1-8-9(2,3)10(4,5)12-11(6)7/h8H,1H2,2-7H3. The van der Waals surface area contributed by atoms with Gasteiger partial charge in [0.1, 0.15) is 0 Å². The lowest BCUT2D eigenvalue weighted by molar-refractivity contribution is 0.0170. The van der Waals surface area contributed by atoms with E-state index in [4.69, 9.17) is 4.65 Å². The summed E-state index contributed by atoms with van der Waals surface area (Å²) >= 11 is 0. The molecule has 0 atom stereocenters. The van der Waals surface area contributed by atoms with Crippen molar-refractivity contribution in [2.45, 2.75) is 46.9 Å². The highest BCUT2D eigenvalue weighted by atomic mass is 16.5. The van der Waals surface area contributed by atoms with E-state index in [0.717, 1.165) is 0 Å². The minimum absolute atomic E-state index is 0.0112. The molecule has 0 saturated carbocycles. The van der Waals surface area contributed by atoms with Gasteiger partial charge >= 0.3 is 0 Å². The molecule has 0 aromatic rings. The van der Waals surface area contributed by atoms with Crippen molar-refractivity contribution in [1.29, 1.82) is 0 Å². The summed E-state index contributed by atoms with van der Waals surface area (Å²) in [6, 6.07) is 0.